The number of carbonyl (C=O) groups is 1. The Balaban J connectivity index is 4.00. The lowest BCUT2D eigenvalue weighted by Crippen LogP contribution is -2.48. The largest absolute Gasteiger partial charge is 0.373 e. The second-order valence-electron chi connectivity index (χ2n) is 5.63. The van der Waals surface area contributed by atoms with Gasteiger partial charge in [0.2, 0.25) is 5.91 Å². The zero-order valence-corrected chi connectivity index (χ0v) is 13.8. The van der Waals surface area contributed by atoms with Crippen LogP contribution in [0.1, 0.15) is 18.1 Å². The van der Waals surface area contributed by atoms with Crippen molar-refractivity contribution in [1.29, 1.82) is 0 Å². The van der Waals surface area contributed by atoms with Crippen LogP contribution in [0.5, 0.6) is 0 Å². The Morgan fingerprint density at radius 3 is 1.66 bits per heavy atom. The average Bonchev–Trinajstić information content (AvgIpc) is 2.53. The van der Waals surface area contributed by atoms with Crippen LogP contribution < -0.4 is 10.8 Å². The number of benzene rings is 1. The van der Waals surface area contributed by atoms with Gasteiger partial charge in [-0.2, -0.15) is 35.1 Å². The van der Waals surface area contributed by atoms with Crippen LogP contribution in [0.2, 0.25) is 0 Å². The van der Waals surface area contributed by atoms with E-state index in [2.05, 4.69) is 0 Å². The van der Waals surface area contributed by atoms with Gasteiger partial charge in [0.05, 0.1) is 11.3 Å². The molecule has 15 heteroatoms. The molecule has 1 N–H and O–H groups in total. The van der Waals surface area contributed by atoms with E-state index in [0.29, 0.717) is 6.92 Å². The van der Waals surface area contributed by atoms with Crippen LogP contribution in [-0.4, -0.2) is 38.4 Å². The molecule has 0 aromatic heterocycles. The minimum Gasteiger partial charge on any atom is -0.325 e. The minimum atomic E-state index is -6.27. The van der Waals surface area contributed by atoms with Crippen molar-refractivity contribution in [3.05, 3.63) is 23.3 Å². The Morgan fingerprint density at radius 1 is 0.862 bits per heavy atom. The first-order chi connectivity index (χ1) is 12.8. The van der Waals surface area contributed by atoms with Crippen LogP contribution in [0.4, 0.5) is 58.4 Å². The third-order valence-corrected chi connectivity index (χ3v) is 3.58. The highest BCUT2D eigenvalue weighted by Gasteiger charge is 2.68. The minimum absolute atomic E-state index is 0.0824. The van der Waals surface area contributed by atoms with Gasteiger partial charge in [0.25, 0.3) is 0 Å². The van der Waals surface area contributed by atoms with Crippen LogP contribution in [0, 0.1) is 0 Å². The van der Waals surface area contributed by atoms with E-state index >= 15 is 0 Å². The van der Waals surface area contributed by atoms with Crippen LogP contribution in [0.15, 0.2) is 12.1 Å². The van der Waals surface area contributed by atoms with Crippen molar-refractivity contribution in [1.82, 2.24) is 0 Å². The van der Waals surface area contributed by atoms with E-state index in [1.165, 1.54) is 0 Å². The molecule has 0 spiro atoms. The molecule has 0 aliphatic carbocycles. The molecular weight excluding hydrogens is 437 g/mol. The highest BCUT2D eigenvalue weighted by molar-refractivity contribution is 6.34. The summed E-state index contributed by atoms with van der Waals surface area (Å²) in [5, 5.41) is 1.08. The summed E-state index contributed by atoms with van der Waals surface area (Å²) in [5.74, 6) is -26.2. The predicted octanol–water partition coefficient (Wildman–Crippen LogP) is 4.42. The van der Waals surface area contributed by atoms with Gasteiger partial charge in [-0.15, -0.1) is 0 Å². The van der Waals surface area contributed by atoms with Crippen molar-refractivity contribution >= 4 is 24.9 Å². The molecule has 0 unspecified atom stereocenters. The molecule has 162 valence electrons. The first kappa shape index (κ1) is 25.0. The molecule has 0 aliphatic heterocycles. The summed E-state index contributed by atoms with van der Waals surface area (Å²) in [4.78, 5) is 11.1. The number of rotatable bonds is 7. The molecule has 0 bridgehead atoms. The smallest absolute Gasteiger partial charge is 0.325 e. The Bertz CT molecular complexity index is 780. The molecule has 0 heterocycles. The van der Waals surface area contributed by atoms with E-state index in [0.717, 1.165) is 5.32 Å². The summed E-state index contributed by atoms with van der Waals surface area (Å²) in [6.07, 6.45) is -10.2. The van der Waals surface area contributed by atoms with Gasteiger partial charge >= 0.3 is 36.5 Å². The van der Waals surface area contributed by atoms with E-state index in [4.69, 9.17) is 7.85 Å². The lowest BCUT2D eigenvalue weighted by Gasteiger charge is -2.33. The van der Waals surface area contributed by atoms with Gasteiger partial charge in [0.1, 0.15) is 7.85 Å². The van der Waals surface area contributed by atoms with Gasteiger partial charge in [-0.1, -0.05) is 17.6 Å². The number of hydrogen-bond acceptors (Lipinski definition) is 1. The van der Waals surface area contributed by atoms with E-state index < -0.39 is 64.7 Å². The lowest BCUT2D eigenvalue weighted by molar-refractivity contribution is -0.272. The maximum atomic E-state index is 14.1. The number of amides is 1. The average molecular weight is 445 g/mol. The standard InChI is InChI=1S/C14H8BF12NO/c1-4(29)28-8-5(11(20,21)13(24,25)9(16)17)2-3-6(15)7(8)12(22,23)14(26,27)10(18)19/h2-3,9-10H,1H3,(H,28,29). The maximum absolute atomic E-state index is 14.1. The monoisotopic (exact) mass is 445 g/mol. The third-order valence-electron chi connectivity index (χ3n) is 3.58. The molecule has 0 aliphatic rings. The molecule has 2 nitrogen and oxygen atoms in total. The molecule has 1 aromatic rings. The summed E-state index contributed by atoms with van der Waals surface area (Å²) < 4.78 is 159. The number of alkyl halides is 12. The van der Waals surface area contributed by atoms with Crippen molar-refractivity contribution in [2.24, 2.45) is 0 Å². The van der Waals surface area contributed by atoms with Gasteiger partial charge in [-0.25, -0.2) is 17.6 Å². The van der Waals surface area contributed by atoms with Gasteiger partial charge in [0.15, 0.2) is 0 Å². The van der Waals surface area contributed by atoms with Crippen molar-refractivity contribution < 1.29 is 57.5 Å². The molecule has 1 aromatic carbocycles. The second-order valence-corrected chi connectivity index (χ2v) is 5.63. The number of carbonyl (C=O) groups excluding carboxylic acids is 1. The van der Waals surface area contributed by atoms with Gasteiger partial charge in [0, 0.05) is 12.5 Å². The Morgan fingerprint density at radius 2 is 1.28 bits per heavy atom. The number of halogens is 12. The molecule has 2 radical (unpaired) electrons. The third kappa shape index (κ3) is 3.99. The summed E-state index contributed by atoms with van der Waals surface area (Å²) in [7, 11) is 4.97. The zero-order valence-electron chi connectivity index (χ0n) is 13.8. The normalized spacial score (nSPS) is 13.9. The zero-order chi connectivity index (χ0) is 23.2. The van der Waals surface area contributed by atoms with Crippen LogP contribution in [0.25, 0.3) is 0 Å². The van der Waals surface area contributed by atoms with Crippen molar-refractivity contribution in [3.63, 3.8) is 0 Å². The molecule has 0 atom stereocenters. The molecule has 0 saturated carbocycles. The predicted molar refractivity (Wildman–Crippen MR) is 75.8 cm³/mol. The van der Waals surface area contributed by atoms with Crippen molar-refractivity contribution in [3.8, 4) is 0 Å². The summed E-state index contributed by atoms with van der Waals surface area (Å²) in [5.41, 5.74) is -8.85. The summed E-state index contributed by atoms with van der Waals surface area (Å²) in [6.45, 7) is 0.420. The Hall–Kier alpha value is -2.09. The number of nitrogens with one attached hydrogen (secondary N) is 1. The number of anilines is 1. The summed E-state index contributed by atoms with van der Waals surface area (Å²) in [6, 6.07) is -0.294. The lowest BCUT2D eigenvalue weighted by atomic mass is 9.81. The van der Waals surface area contributed by atoms with E-state index in [9.17, 15) is 57.5 Å². The molecular formula is C14H8BF12NO. The van der Waals surface area contributed by atoms with Crippen molar-refractivity contribution in [2.75, 3.05) is 5.32 Å². The van der Waals surface area contributed by atoms with E-state index in [-0.39, 0.29) is 12.1 Å². The highest BCUT2D eigenvalue weighted by atomic mass is 19.4. The fraction of sp³-hybridized carbons (Fsp3) is 0.500. The number of hydrogen-bond donors (Lipinski definition) is 1. The van der Waals surface area contributed by atoms with Gasteiger partial charge < -0.3 is 5.32 Å². The first-order valence-corrected chi connectivity index (χ1v) is 7.12. The molecule has 0 saturated heterocycles. The van der Waals surface area contributed by atoms with Gasteiger partial charge in [-0.3, -0.25) is 4.79 Å². The highest BCUT2D eigenvalue weighted by Crippen LogP contribution is 2.53. The SMILES string of the molecule is [B]c1ccc(C(F)(F)C(F)(F)C(F)F)c(NC(C)=O)c1C(F)(F)C(F)(F)C(F)F. The molecule has 0 fully saturated rings. The maximum Gasteiger partial charge on any atom is 0.373 e. The molecule has 1 rings (SSSR count). The fourth-order valence-electron chi connectivity index (χ4n) is 2.14. The quantitative estimate of drug-likeness (QED) is 0.489. The van der Waals surface area contributed by atoms with Crippen LogP contribution in [0.3, 0.4) is 0 Å². The molecule has 1 amide bonds. The van der Waals surface area contributed by atoms with Gasteiger partial charge in [-0.05, 0) is 0 Å². The van der Waals surface area contributed by atoms with Crippen molar-refractivity contribution in [2.45, 2.75) is 43.5 Å². The fourth-order valence-corrected chi connectivity index (χ4v) is 2.14. The van der Waals surface area contributed by atoms with Crippen LogP contribution >= 0.6 is 0 Å². The topological polar surface area (TPSA) is 29.1 Å². The Kier molecular flexibility index (Phi) is 6.57. The molecule has 29 heavy (non-hydrogen) atoms. The van der Waals surface area contributed by atoms with Crippen LogP contribution in [-0.2, 0) is 16.6 Å². The second kappa shape index (κ2) is 7.63. The first-order valence-electron chi connectivity index (χ1n) is 7.12. The summed E-state index contributed by atoms with van der Waals surface area (Å²) >= 11 is 0. The Labute approximate surface area is 155 Å². The van der Waals surface area contributed by atoms with E-state index in [1.807, 2.05) is 0 Å². The van der Waals surface area contributed by atoms with E-state index in [1.54, 1.807) is 0 Å².